The highest BCUT2D eigenvalue weighted by Crippen LogP contribution is 2.46. The summed E-state index contributed by atoms with van der Waals surface area (Å²) in [4.78, 5) is 24.4. The minimum absolute atomic E-state index is 0.0510. The number of hydrogen-bond acceptors (Lipinski definition) is 5. The average molecular weight is 551 g/mol. The van der Waals surface area contributed by atoms with Crippen LogP contribution in [-0.2, 0) is 11.2 Å². The molecule has 1 heterocycles. The van der Waals surface area contributed by atoms with Gasteiger partial charge in [0.1, 0.15) is 11.5 Å². The van der Waals surface area contributed by atoms with E-state index in [1.807, 2.05) is 6.92 Å². The molecule has 2 N–H and O–H groups in total. The smallest absolute Gasteiger partial charge is 0.460 e. The molecular weight excluding hydrogens is 527 g/mol. The van der Waals surface area contributed by atoms with Crippen LogP contribution in [-0.4, -0.2) is 42.2 Å². The topological polar surface area (TPSA) is 92.9 Å². The van der Waals surface area contributed by atoms with Crippen LogP contribution in [0.25, 0.3) is 0 Å². The van der Waals surface area contributed by atoms with E-state index in [1.165, 1.54) is 6.92 Å². The monoisotopic (exact) mass is 551 g/mol. The van der Waals surface area contributed by atoms with Gasteiger partial charge < -0.3 is 14.5 Å². The summed E-state index contributed by atoms with van der Waals surface area (Å²) in [6, 6.07) is 6.54. The summed E-state index contributed by atoms with van der Waals surface area (Å²) < 4.78 is 102. The number of fused-ring (bicyclic) bond motifs is 1. The maximum atomic E-state index is 13.6. The zero-order chi connectivity index (χ0) is 28.3. The quantitative estimate of drug-likeness (QED) is 0.227. The highest BCUT2D eigenvalue weighted by Gasteiger charge is 2.76. The van der Waals surface area contributed by atoms with Crippen LogP contribution in [0, 0.1) is 6.92 Å². The number of carbonyl (C=O) groups is 2. The average Bonchev–Trinajstić information content (AvgIpc) is 3.20. The number of hydrogen-bond donors (Lipinski definition) is 2. The van der Waals surface area contributed by atoms with E-state index < -0.39 is 29.8 Å². The molecule has 0 atom stereocenters. The lowest BCUT2D eigenvalue weighted by atomic mass is 9.93. The number of halogens is 7. The number of aryl methyl sites for hydroxylation is 1. The highest BCUT2D eigenvalue weighted by molar-refractivity contribution is 6.09. The minimum atomic E-state index is -6.66. The first-order chi connectivity index (χ1) is 17.7. The Balaban J connectivity index is 1.77. The van der Waals surface area contributed by atoms with E-state index in [2.05, 4.69) is 10.4 Å². The van der Waals surface area contributed by atoms with Gasteiger partial charge >= 0.3 is 23.9 Å². The van der Waals surface area contributed by atoms with Crippen LogP contribution in [0.15, 0.2) is 33.8 Å². The summed E-state index contributed by atoms with van der Waals surface area (Å²) in [5, 5.41) is 6.01. The van der Waals surface area contributed by atoms with Crippen LogP contribution in [0.4, 0.5) is 36.4 Å². The standard InChI is InChI=1S/C24H24F7N3O4/c1-3-4-12-37-15-10-8-14(9-11-15)32-20(35)19-13(2)18-16(6-5-7-17(18)38-19)33-34-21(36)22(25,26)23(27,28)24(29,30)31/h8-11H,3-7,12H2,1-2H3,(H,32,35)(H,34,36)/b33-16+. The van der Waals surface area contributed by atoms with Crippen molar-refractivity contribution in [3.63, 3.8) is 0 Å². The molecule has 0 saturated heterocycles. The van der Waals surface area contributed by atoms with Gasteiger partial charge in [-0.15, -0.1) is 0 Å². The third kappa shape index (κ3) is 5.78. The Kier molecular flexibility index (Phi) is 8.42. The van der Waals surface area contributed by atoms with Crippen LogP contribution in [0.2, 0.25) is 0 Å². The summed E-state index contributed by atoms with van der Waals surface area (Å²) in [7, 11) is 0. The SMILES string of the molecule is CCCCOc1ccc(NC(=O)c2oc3c(c2C)/C(=N/NC(=O)C(F)(F)C(F)(F)C(F)(F)F)CCC3)cc1. The van der Waals surface area contributed by atoms with Crippen LogP contribution < -0.4 is 15.5 Å². The van der Waals surface area contributed by atoms with Gasteiger partial charge in [-0.25, -0.2) is 5.43 Å². The normalized spacial score (nSPS) is 15.2. The summed E-state index contributed by atoms with van der Waals surface area (Å²) >= 11 is 0. The van der Waals surface area contributed by atoms with Crippen LogP contribution in [0.3, 0.4) is 0 Å². The number of benzene rings is 1. The van der Waals surface area contributed by atoms with Crippen LogP contribution in [0.1, 0.15) is 60.0 Å². The molecule has 2 aromatic rings. The first-order valence-corrected chi connectivity index (χ1v) is 11.6. The predicted octanol–water partition coefficient (Wildman–Crippen LogP) is 6.01. The van der Waals surface area contributed by atoms with Gasteiger partial charge in [-0.05, 0) is 50.5 Å². The number of hydrazone groups is 1. The fraction of sp³-hybridized carbons (Fsp3) is 0.458. The predicted molar refractivity (Wildman–Crippen MR) is 122 cm³/mol. The molecule has 1 aliphatic carbocycles. The van der Waals surface area contributed by atoms with Gasteiger partial charge in [0.2, 0.25) is 0 Å². The van der Waals surface area contributed by atoms with Crippen molar-refractivity contribution in [3.8, 4) is 5.75 Å². The fourth-order valence-corrected chi connectivity index (χ4v) is 3.66. The Morgan fingerprint density at radius 2 is 1.71 bits per heavy atom. The Labute approximate surface area is 212 Å². The zero-order valence-corrected chi connectivity index (χ0v) is 20.3. The van der Waals surface area contributed by atoms with E-state index in [-0.39, 0.29) is 34.8 Å². The number of furan rings is 1. The highest BCUT2D eigenvalue weighted by atomic mass is 19.4. The molecule has 14 heteroatoms. The van der Waals surface area contributed by atoms with Crippen molar-refractivity contribution in [2.75, 3.05) is 11.9 Å². The Bertz CT molecular complexity index is 1200. The van der Waals surface area contributed by atoms with E-state index in [1.54, 1.807) is 24.3 Å². The number of carbonyl (C=O) groups excluding carboxylic acids is 2. The van der Waals surface area contributed by atoms with Crippen molar-refractivity contribution in [1.82, 2.24) is 5.43 Å². The number of unbranched alkanes of at least 4 members (excludes halogenated alkanes) is 1. The number of nitrogens with one attached hydrogen (secondary N) is 2. The molecule has 38 heavy (non-hydrogen) atoms. The summed E-state index contributed by atoms with van der Waals surface area (Å²) in [6.45, 7) is 4.03. The van der Waals surface area contributed by atoms with Gasteiger partial charge in [0.05, 0.1) is 12.3 Å². The summed E-state index contributed by atoms with van der Waals surface area (Å²) in [5.74, 6) is -15.6. The summed E-state index contributed by atoms with van der Waals surface area (Å²) in [5.41, 5.74) is 1.80. The molecule has 0 fully saturated rings. The molecule has 208 valence electrons. The number of anilines is 1. The van der Waals surface area contributed by atoms with E-state index in [0.29, 0.717) is 30.9 Å². The van der Waals surface area contributed by atoms with Crippen molar-refractivity contribution < 1.29 is 49.5 Å². The minimum Gasteiger partial charge on any atom is -0.494 e. The molecule has 1 aromatic carbocycles. The Hall–Kier alpha value is -3.58. The van der Waals surface area contributed by atoms with Crippen molar-refractivity contribution >= 4 is 23.2 Å². The van der Waals surface area contributed by atoms with Crippen molar-refractivity contribution in [2.45, 2.75) is 64.0 Å². The van der Waals surface area contributed by atoms with Gasteiger partial charge in [0, 0.05) is 23.2 Å². The first-order valence-electron chi connectivity index (χ1n) is 11.6. The molecule has 0 bridgehead atoms. The van der Waals surface area contributed by atoms with Gasteiger partial charge in [-0.3, -0.25) is 9.59 Å². The van der Waals surface area contributed by atoms with Crippen LogP contribution >= 0.6 is 0 Å². The lowest BCUT2D eigenvalue weighted by Crippen LogP contribution is -2.58. The van der Waals surface area contributed by atoms with Crippen LogP contribution in [0.5, 0.6) is 5.75 Å². The second kappa shape index (κ2) is 11.0. The number of ether oxygens (including phenoxy) is 1. The molecule has 0 radical (unpaired) electrons. The molecule has 1 aliphatic rings. The molecule has 0 aliphatic heterocycles. The van der Waals surface area contributed by atoms with Gasteiger partial charge in [0.25, 0.3) is 5.91 Å². The lowest BCUT2D eigenvalue weighted by Gasteiger charge is -2.26. The molecule has 7 nitrogen and oxygen atoms in total. The third-order valence-electron chi connectivity index (χ3n) is 5.74. The van der Waals surface area contributed by atoms with Gasteiger partial charge in [0.15, 0.2) is 5.76 Å². The van der Waals surface area contributed by atoms with E-state index in [0.717, 1.165) is 18.3 Å². The maximum absolute atomic E-state index is 13.6. The third-order valence-corrected chi connectivity index (χ3v) is 5.74. The fourth-order valence-electron chi connectivity index (χ4n) is 3.66. The van der Waals surface area contributed by atoms with Gasteiger partial charge in [-0.1, -0.05) is 13.3 Å². The first kappa shape index (κ1) is 29.0. The van der Waals surface area contributed by atoms with E-state index >= 15 is 0 Å². The molecule has 0 spiro atoms. The molecule has 0 saturated carbocycles. The number of nitrogens with zero attached hydrogens (tertiary/aromatic N) is 1. The maximum Gasteiger partial charge on any atom is 0.460 e. The lowest BCUT2D eigenvalue weighted by molar-refractivity contribution is -0.344. The molecule has 0 unspecified atom stereocenters. The number of amides is 2. The van der Waals surface area contributed by atoms with Crippen molar-refractivity contribution in [3.05, 3.63) is 46.9 Å². The Morgan fingerprint density at radius 1 is 1.05 bits per heavy atom. The van der Waals surface area contributed by atoms with Gasteiger partial charge in [-0.2, -0.15) is 35.8 Å². The van der Waals surface area contributed by atoms with E-state index in [9.17, 15) is 40.3 Å². The molecule has 3 rings (SSSR count). The molecule has 2 amide bonds. The zero-order valence-electron chi connectivity index (χ0n) is 20.3. The van der Waals surface area contributed by atoms with Crippen molar-refractivity contribution in [2.24, 2.45) is 5.10 Å². The summed E-state index contributed by atoms with van der Waals surface area (Å²) in [6.07, 6.45) is -4.12. The van der Waals surface area contributed by atoms with Crippen molar-refractivity contribution in [1.29, 1.82) is 0 Å². The largest absolute Gasteiger partial charge is 0.494 e. The second-order valence-corrected chi connectivity index (χ2v) is 8.53. The number of alkyl halides is 7. The molecular formula is C24H24F7N3O4. The second-order valence-electron chi connectivity index (χ2n) is 8.53. The Morgan fingerprint density at radius 3 is 2.32 bits per heavy atom. The van der Waals surface area contributed by atoms with E-state index in [4.69, 9.17) is 9.15 Å². The molecule has 1 aromatic heterocycles. The number of rotatable bonds is 9.